The quantitative estimate of drug-likeness (QED) is 0.0318. The van der Waals surface area contributed by atoms with Crippen LogP contribution in [0.2, 0.25) is 0 Å². The van der Waals surface area contributed by atoms with Crippen molar-refractivity contribution in [2.24, 2.45) is 23.7 Å². The van der Waals surface area contributed by atoms with E-state index in [0.717, 1.165) is 56.2 Å². The number of carbonyl (C=O) groups is 3. The summed E-state index contributed by atoms with van der Waals surface area (Å²) in [6.45, 7) is 45.7. The van der Waals surface area contributed by atoms with E-state index in [1.54, 1.807) is 29.6 Å². The molecule has 0 radical (unpaired) electrons. The van der Waals surface area contributed by atoms with Crippen molar-refractivity contribution in [2.75, 3.05) is 0 Å². The van der Waals surface area contributed by atoms with E-state index < -0.39 is 0 Å². The normalized spacial score (nSPS) is 13.1. The smallest absolute Gasteiger partial charge is 0.204 e. The van der Waals surface area contributed by atoms with Crippen LogP contribution >= 0.6 is 0 Å². The highest BCUT2D eigenvalue weighted by atomic mass is 16.1. The molecule has 0 fully saturated rings. The molecule has 8 aromatic carbocycles. The third kappa shape index (κ3) is 21.2. The molecule has 122 heavy (non-hydrogen) atoms. The summed E-state index contributed by atoms with van der Waals surface area (Å²) >= 11 is 0. The van der Waals surface area contributed by atoms with Gasteiger partial charge < -0.3 is 11.2 Å². The molecule has 14 aromatic rings. The number of Topliss-reactive ketones (excluding diaryl/α,β-unsaturated/α-hetero) is 3. The minimum atomic E-state index is -0.231. The SMILES string of the molecule is CC(C)C(C)(c1ccc(C(=O)Cc2ccccn2)cc1)c1ccc(-c2nnn[n-]2)cc1.CCC(C(=O)c1ccc(C(C)(c2ccc(-c3nnn(CC)n3)cc2)C(C)C)cc1)c1ccccn1.[C-]#[N+]c1ccc(C(C)(c2ccc(C#Cc3ccccn3)cc2)C(C)C)cc1.[C-]#[N+]c1ccc(C(C)(c2ccc(C(=O)Cc3ccccn3)cc2)C(C)C)cc1.[NH4+]. The van der Waals surface area contributed by atoms with E-state index in [2.05, 4.69) is 270 Å². The number of rotatable bonds is 25. The van der Waals surface area contributed by atoms with Crippen LogP contribution in [0, 0.1) is 48.7 Å². The summed E-state index contributed by atoms with van der Waals surface area (Å²) < 4.78 is 0. The Kier molecular flexibility index (Phi) is 30.8. The fourth-order valence-corrected chi connectivity index (χ4v) is 15.1. The van der Waals surface area contributed by atoms with Gasteiger partial charge in [-0.15, -0.1) is 10.2 Å². The molecular formula is C104H107N15O3. The van der Waals surface area contributed by atoms with Crippen molar-refractivity contribution in [3.8, 4) is 34.6 Å². The average Bonchev–Trinajstić information content (AvgIpc) is 0.807. The Hall–Kier alpha value is -14.0. The summed E-state index contributed by atoms with van der Waals surface area (Å²) in [6, 6.07) is 87.5. The molecule has 0 aliphatic heterocycles. The van der Waals surface area contributed by atoms with Crippen molar-refractivity contribution in [3.05, 3.63) is 404 Å². The maximum atomic E-state index is 13.3. The zero-order valence-electron chi connectivity index (χ0n) is 72.4. The van der Waals surface area contributed by atoms with Crippen LogP contribution in [-0.4, -0.2) is 73.0 Å². The second-order valence-electron chi connectivity index (χ2n) is 32.1. The van der Waals surface area contributed by atoms with Gasteiger partial charge in [0.25, 0.3) is 0 Å². The number of hydrogen-bond donors (Lipinski definition) is 1. The minimum Gasteiger partial charge on any atom is -0.369 e. The first-order valence-electron chi connectivity index (χ1n) is 41.2. The van der Waals surface area contributed by atoms with Gasteiger partial charge in [-0.1, -0.05) is 302 Å². The molecule has 5 atom stereocenters. The molecular weight excluding hydrogens is 1510 g/mol. The zero-order valence-corrected chi connectivity index (χ0v) is 72.4. The summed E-state index contributed by atoms with van der Waals surface area (Å²) in [7, 11) is 0. The van der Waals surface area contributed by atoms with Crippen molar-refractivity contribution in [1.82, 2.24) is 66.9 Å². The van der Waals surface area contributed by atoms with Crippen LogP contribution in [0.5, 0.6) is 0 Å². The Balaban J connectivity index is 0.000000171. The number of nitrogens with zero attached hydrogens (tertiary/aromatic N) is 14. The topological polar surface area (TPSA) is 244 Å². The van der Waals surface area contributed by atoms with Crippen LogP contribution in [0.3, 0.4) is 0 Å². The Morgan fingerprint density at radius 1 is 0.418 bits per heavy atom. The maximum Gasteiger partial charge on any atom is 0.204 e. The number of carbonyl (C=O) groups excluding carboxylic acids is 3. The summed E-state index contributed by atoms with van der Waals surface area (Å²) in [6.07, 6.45) is 8.24. The van der Waals surface area contributed by atoms with Crippen molar-refractivity contribution >= 4 is 28.7 Å². The van der Waals surface area contributed by atoms with E-state index >= 15 is 0 Å². The first kappa shape index (κ1) is 90.3. The molecule has 4 N–H and O–H groups in total. The monoisotopic (exact) mass is 1610 g/mol. The van der Waals surface area contributed by atoms with Crippen molar-refractivity contribution < 1.29 is 14.4 Å². The fraction of sp³-hybridized carbons (Fsp3) is 0.260. The van der Waals surface area contributed by atoms with Gasteiger partial charge in [0.2, 0.25) is 5.82 Å². The highest BCUT2D eigenvalue weighted by Gasteiger charge is 2.37. The average molecular weight is 1620 g/mol. The zero-order chi connectivity index (χ0) is 86.3. The molecule has 0 aliphatic rings. The lowest BCUT2D eigenvalue weighted by molar-refractivity contribution is 0.0952. The van der Waals surface area contributed by atoms with Gasteiger partial charge in [-0.05, 0) is 159 Å². The van der Waals surface area contributed by atoms with E-state index in [0.29, 0.717) is 83.6 Å². The van der Waals surface area contributed by atoms with Crippen molar-refractivity contribution in [1.29, 1.82) is 0 Å². The van der Waals surface area contributed by atoms with Gasteiger partial charge >= 0.3 is 0 Å². The summed E-state index contributed by atoms with van der Waals surface area (Å²) in [5, 5.41) is 27.6. The molecule has 0 bridgehead atoms. The molecule has 18 heteroatoms. The van der Waals surface area contributed by atoms with Gasteiger partial charge in [-0.3, -0.25) is 39.6 Å². The molecule has 0 saturated carbocycles. The Morgan fingerprint density at radius 3 is 1.12 bits per heavy atom. The lowest BCUT2D eigenvalue weighted by Gasteiger charge is -2.35. The standard InChI is InChI=1S/C29H33N5O.C25H24N5O.C25H24N2O.C25H22N2.H3N/c1-6-25(26-10-8-9-19-30-26)27(35)21-11-15-23(16-12-21)29(5,20(3)4)24-17-13-22(14-18-24)28-31-33-34(7-2)32-28;1-17(2)25(3,21-13-9-19(10-14-21)24-27-29-30-28-24)20-11-7-18(8-12-20)23(31)16-22-6-4-5-15-26-22;1-18(2)25(3,21-12-14-22(26-4)15-13-21)20-10-8-19(9-11-20)24(28)17-23-7-5-6-16-27-23;1-19(2)25(3,22-13-16-23(26-4)17-14-22)21-11-8-20(9-12-21)10-15-24-7-5-6-18-27-24;/h8-20,25H,6-7H2,1-5H3;4-15,17H,16H2,1-3H3;5-16,18H,17H2,1-3H3;5-9,11-14,16-19H,1-3H3;1H3/q;-1;;;/p+1. The van der Waals surface area contributed by atoms with Crippen LogP contribution in [0.15, 0.2) is 292 Å². The molecule has 0 saturated heterocycles. The van der Waals surface area contributed by atoms with E-state index in [1.165, 1.54) is 33.4 Å². The molecule has 6 heterocycles. The van der Waals surface area contributed by atoms with E-state index in [-0.39, 0.29) is 51.1 Å². The second kappa shape index (κ2) is 41.6. The van der Waals surface area contributed by atoms with E-state index in [1.807, 2.05) is 172 Å². The molecule has 0 spiro atoms. The number of ketones is 3. The number of quaternary nitrogens is 1. The molecule has 18 nitrogen and oxygen atoms in total. The molecule has 6 aromatic heterocycles. The van der Waals surface area contributed by atoms with Gasteiger partial charge in [-0.2, -0.15) is 10.0 Å². The lowest BCUT2D eigenvalue weighted by atomic mass is 9.68. The summed E-state index contributed by atoms with van der Waals surface area (Å²) in [5.74, 6) is 8.87. The molecule has 616 valence electrons. The largest absolute Gasteiger partial charge is 0.369 e. The Morgan fingerprint density at radius 2 is 0.787 bits per heavy atom. The number of pyridine rings is 4. The third-order valence-corrected chi connectivity index (χ3v) is 24.1. The molecule has 14 rings (SSSR count). The third-order valence-electron chi connectivity index (χ3n) is 24.1. The molecule has 5 unspecified atom stereocenters. The maximum absolute atomic E-state index is 13.3. The number of hydrogen-bond acceptors (Lipinski definition) is 13. The van der Waals surface area contributed by atoms with Crippen LogP contribution in [0.25, 0.3) is 32.5 Å². The van der Waals surface area contributed by atoms with Crippen LogP contribution in [0.4, 0.5) is 11.4 Å². The number of tetrazole rings is 2. The van der Waals surface area contributed by atoms with Gasteiger partial charge in [0, 0.05) is 91.5 Å². The fourth-order valence-electron chi connectivity index (χ4n) is 15.1. The molecule has 0 amide bonds. The summed E-state index contributed by atoms with van der Waals surface area (Å²) in [4.78, 5) is 64.2. The Labute approximate surface area is 718 Å². The van der Waals surface area contributed by atoms with Crippen molar-refractivity contribution in [3.63, 3.8) is 0 Å². The minimum absolute atomic E-state index is 0. The highest BCUT2D eigenvalue weighted by Crippen LogP contribution is 2.44. The highest BCUT2D eigenvalue weighted by molar-refractivity contribution is 6.01. The number of benzene rings is 8. The predicted octanol–water partition coefficient (Wildman–Crippen LogP) is 22.8. The van der Waals surface area contributed by atoms with E-state index in [9.17, 15) is 14.4 Å². The summed E-state index contributed by atoms with van der Waals surface area (Å²) in [5.41, 5.74) is 18.1. The van der Waals surface area contributed by atoms with Crippen molar-refractivity contribution in [2.45, 2.75) is 150 Å². The lowest BCUT2D eigenvalue weighted by Crippen LogP contribution is -2.30. The van der Waals surface area contributed by atoms with Gasteiger partial charge in [0.15, 0.2) is 28.7 Å². The Bertz CT molecular complexity index is 5850. The number of aryl methyl sites for hydroxylation is 1. The molecule has 0 aliphatic carbocycles. The van der Waals surface area contributed by atoms with Crippen LogP contribution in [0.1, 0.15) is 213 Å². The van der Waals surface area contributed by atoms with Crippen LogP contribution in [-0.2, 0) is 41.0 Å². The van der Waals surface area contributed by atoms with Crippen LogP contribution < -0.4 is 11.2 Å². The van der Waals surface area contributed by atoms with E-state index in [4.69, 9.17) is 13.1 Å². The van der Waals surface area contributed by atoms with Gasteiger partial charge in [0.05, 0.1) is 44.1 Å². The van der Waals surface area contributed by atoms with Gasteiger partial charge in [0.1, 0.15) is 5.69 Å². The first-order chi connectivity index (χ1) is 58.3. The number of aromatic nitrogens is 12. The first-order valence-corrected chi connectivity index (χ1v) is 41.2. The second-order valence-corrected chi connectivity index (χ2v) is 32.1. The predicted molar refractivity (Wildman–Crippen MR) is 486 cm³/mol. The van der Waals surface area contributed by atoms with Gasteiger partial charge in [-0.25, -0.2) is 14.7 Å².